The van der Waals surface area contributed by atoms with E-state index in [1.54, 1.807) is 17.5 Å². The third-order valence-electron chi connectivity index (χ3n) is 1.76. The minimum Gasteiger partial charge on any atom is -0.479 e. The van der Waals surface area contributed by atoms with Crippen LogP contribution in [0.3, 0.4) is 0 Å². The Morgan fingerprint density at radius 2 is 2.23 bits per heavy atom. The van der Waals surface area contributed by atoms with E-state index in [2.05, 4.69) is 0 Å². The molecule has 1 saturated heterocycles. The Kier molecular flexibility index (Phi) is 1.90. The highest BCUT2D eigenvalue weighted by Crippen LogP contribution is 2.27. The minimum absolute atomic E-state index is 0.234. The Morgan fingerprint density at radius 3 is 2.69 bits per heavy atom. The molecule has 1 aromatic rings. The molecule has 5 heteroatoms. The number of carbonyl (C=O) groups excluding carboxylic acids is 1. The van der Waals surface area contributed by atoms with Gasteiger partial charge in [0.2, 0.25) is 5.78 Å². The van der Waals surface area contributed by atoms with Crippen LogP contribution in [-0.2, 0) is 9.53 Å². The van der Waals surface area contributed by atoms with Crippen molar-refractivity contribution in [1.82, 2.24) is 0 Å². The summed E-state index contributed by atoms with van der Waals surface area (Å²) in [5, 5.41) is 10.3. The number of ether oxygens (including phenoxy) is 1. The summed E-state index contributed by atoms with van der Waals surface area (Å²) in [6, 6.07) is 3.41. The molecule has 2 rings (SSSR count). The third-order valence-corrected chi connectivity index (χ3v) is 2.64. The van der Waals surface area contributed by atoms with Gasteiger partial charge in [-0.15, -0.1) is 11.3 Å². The van der Waals surface area contributed by atoms with Crippen LogP contribution in [0.2, 0.25) is 0 Å². The molecule has 4 nitrogen and oxygen atoms in total. The van der Waals surface area contributed by atoms with Gasteiger partial charge in [-0.2, -0.15) is 0 Å². The van der Waals surface area contributed by atoms with Gasteiger partial charge in [-0.25, -0.2) is 4.79 Å². The van der Waals surface area contributed by atoms with Crippen molar-refractivity contribution in [2.75, 3.05) is 0 Å². The second-order valence-electron chi connectivity index (χ2n) is 2.66. The highest BCUT2D eigenvalue weighted by molar-refractivity contribution is 7.12. The first-order valence-corrected chi connectivity index (χ1v) is 4.54. The highest BCUT2D eigenvalue weighted by atomic mass is 32.1. The number of Topliss-reactive ketones (excluding diaryl/α,β-unsaturated/α-hetero) is 1. The lowest BCUT2D eigenvalue weighted by molar-refractivity contribution is -0.138. The van der Waals surface area contributed by atoms with Crippen molar-refractivity contribution in [3.05, 3.63) is 22.4 Å². The first kappa shape index (κ1) is 8.40. The number of thiophene rings is 1. The smallest absolute Gasteiger partial charge is 0.336 e. The van der Waals surface area contributed by atoms with Crippen molar-refractivity contribution in [3.8, 4) is 0 Å². The van der Waals surface area contributed by atoms with Gasteiger partial charge >= 0.3 is 5.97 Å². The van der Waals surface area contributed by atoms with Gasteiger partial charge in [-0.05, 0) is 11.4 Å². The fraction of sp³-hybridized carbons (Fsp3) is 0.250. The number of carboxylic acid groups (broad SMARTS) is 1. The number of epoxide rings is 1. The number of hydrogen-bond acceptors (Lipinski definition) is 4. The Hall–Kier alpha value is -1.20. The van der Waals surface area contributed by atoms with Gasteiger partial charge in [0.1, 0.15) is 0 Å². The molecule has 1 aliphatic heterocycles. The number of rotatable bonds is 3. The molecule has 0 spiro atoms. The van der Waals surface area contributed by atoms with Crippen LogP contribution < -0.4 is 0 Å². The van der Waals surface area contributed by atoms with Gasteiger partial charge < -0.3 is 9.84 Å². The van der Waals surface area contributed by atoms with E-state index in [-0.39, 0.29) is 5.78 Å². The second-order valence-corrected chi connectivity index (χ2v) is 3.60. The van der Waals surface area contributed by atoms with E-state index >= 15 is 0 Å². The largest absolute Gasteiger partial charge is 0.479 e. The number of aliphatic carboxylic acids is 1. The zero-order valence-corrected chi connectivity index (χ0v) is 7.28. The van der Waals surface area contributed by atoms with Gasteiger partial charge in [0.05, 0.1) is 4.88 Å². The molecular weight excluding hydrogens is 192 g/mol. The zero-order valence-electron chi connectivity index (χ0n) is 6.47. The summed E-state index contributed by atoms with van der Waals surface area (Å²) >= 11 is 1.29. The van der Waals surface area contributed by atoms with Crippen LogP contribution in [0.5, 0.6) is 0 Å². The van der Waals surface area contributed by atoms with E-state index in [1.165, 1.54) is 11.3 Å². The van der Waals surface area contributed by atoms with Crippen molar-refractivity contribution >= 4 is 23.1 Å². The SMILES string of the molecule is O=C(O)C1OC1C(=O)c1cccs1. The number of hydrogen-bond donors (Lipinski definition) is 1. The zero-order chi connectivity index (χ0) is 9.42. The lowest BCUT2D eigenvalue weighted by Gasteiger charge is -1.88. The van der Waals surface area contributed by atoms with Gasteiger partial charge in [-0.1, -0.05) is 6.07 Å². The summed E-state index contributed by atoms with van der Waals surface area (Å²) in [6.45, 7) is 0. The average molecular weight is 198 g/mol. The predicted octanol–water partition coefficient (Wildman–Crippen LogP) is 0.783. The molecule has 2 heterocycles. The van der Waals surface area contributed by atoms with Gasteiger partial charge in [0, 0.05) is 0 Å². The van der Waals surface area contributed by atoms with E-state index in [0.717, 1.165) is 0 Å². The van der Waals surface area contributed by atoms with Crippen molar-refractivity contribution in [2.24, 2.45) is 0 Å². The van der Waals surface area contributed by atoms with Crippen molar-refractivity contribution in [3.63, 3.8) is 0 Å². The summed E-state index contributed by atoms with van der Waals surface area (Å²) in [4.78, 5) is 22.3. The minimum atomic E-state index is -1.07. The summed E-state index contributed by atoms with van der Waals surface area (Å²) in [6.07, 6.45) is -1.70. The third kappa shape index (κ3) is 1.48. The molecule has 0 aliphatic carbocycles. The molecule has 0 radical (unpaired) electrons. The second kappa shape index (κ2) is 2.93. The fourth-order valence-electron chi connectivity index (χ4n) is 1.06. The maximum Gasteiger partial charge on any atom is 0.336 e. The van der Waals surface area contributed by atoms with E-state index in [4.69, 9.17) is 9.84 Å². The quantitative estimate of drug-likeness (QED) is 0.575. The van der Waals surface area contributed by atoms with E-state index < -0.39 is 18.2 Å². The molecule has 1 aromatic heterocycles. The Bertz CT molecular complexity index is 343. The maximum atomic E-state index is 11.4. The van der Waals surface area contributed by atoms with Crippen LogP contribution in [-0.4, -0.2) is 29.1 Å². The molecule has 1 N–H and O–H groups in total. The van der Waals surface area contributed by atoms with Crippen LogP contribution in [0.1, 0.15) is 9.67 Å². The number of carbonyl (C=O) groups is 2. The van der Waals surface area contributed by atoms with Crippen LogP contribution >= 0.6 is 11.3 Å². The molecule has 1 fully saturated rings. The van der Waals surface area contributed by atoms with Gasteiger partial charge in [0.25, 0.3) is 0 Å². The van der Waals surface area contributed by atoms with Crippen molar-refractivity contribution in [2.45, 2.75) is 12.2 Å². The fourth-order valence-corrected chi connectivity index (χ4v) is 1.75. The van der Waals surface area contributed by atoms with E-state index in [9.17, 15) is 9.59 Å². The predicted molar refractivity (Wildman–Crippen MR) is 44.9 cm³/mol. The summed E-state index contributed by atoms with van der Waals surface area (Å²) < 4.78 is 4.72. The Morgan fingerprint density at radius 1 is 1.46 bits per heavy atom. The average Bonchev–Trinajstić information content (AvgIpc) is 2.72. The Labute approximate surface area is 77.8 Å². The topological polar surface area (TPSA) is 66.9 Å². The monoisotopic (exact) mass is 198 g/mol. The lowest BCUT2D eigenvalue weighted by Crippen LogP contribution is -2.14. The number of ketones is 1. The molecule has 1 aliphatic rings. The van der Waals surface area contributed by atoms with Gasteiger partial charge in [0.15, 0.2) is 12.2 Å². The highest BCUT2D eigenvalue weighted by Gasteiger charge is 2.50. The Balaban J connectivity index is 2.06. The summed E-state index contributed by atoms with van der Waals surface area (Å²) in [5.41, 5.74) is 0. The van der Waals surface area contributed by atoms with E-state index in [1.807, 2.05) is 0 Å². The molecule has 2 unspecified atom stereocenters. The van der Waals surface area contributed by atoms with Crippen LogP contribution in [0.15, 0.2) is 17.5 Å². The summed E-state index contributed by atoms with van der Waals surface area (Å²) in [5.74, 6) is -1.31. The van der Waals surface area contributed by atoms with Crippen molar-refractivity contribution < 1.29 is 19.4 Å². The molecule has 68 valence electrons. The van der Waals surface area contributed by atoms with Crippen LogP contribution in [0.25, 0.3) is 0 Å². The van der Waals surface area contributed by atoms with Crippen LogP contribution in [0, 0.1) is 0 Å². The lowest BCUT2D eigenvalue weighted by atomic mass is 10.2. The molecule has 0 saturated carbocycles. The maximum absolute atomic E-state index is 11.4. The van der Waals surface area contributed by atoms with Crippen molar-refractivity contribution in [1.29, 1.82) is 0 Å². The molecular formula is C8H6O4S. The summed E-state index contributed by atoms with van der Waals surface area (Å²) in [7, 11) is 0. The molecule has 2 atom stereocenters. The molecule has 0 amide bonds. The first-order chi connectivity index (χ1) is 6.20. The molecule has 0 aromatic carbocycles. The normalized spacial score (nSPS) is 25.5. The van der Waals surface area contributed by atoms with E-state index in [0.29, 0.717) is 4.88 Å². The van der Waals surface area contributed by atoms with Crippen LogP contribution in [0.4, 0.5) is 0 Å². The standard InChI is InChI=1S/C8H6O4S/c9-5(4-2-1-3-13-4)6-7(12-6)8(10)11/h1-3,6-7H,(H,10,11). The molecule has 0 bridgehead atoms. The number of carboxylic acids is 1. The first-order valence-electron chi connectivity index (χ1n) is 3.66. The van der Waals surface area contributed by atoms with Gasteiger partial charge in [-0.3, -0.25) is 4.79 Å². The molecule has 13 heavy (non-hydrogen) atoms.